The van der Waals surface area contributed by atoms with Gasteiger partial charge in [-0.1, -0.05) is 94.4 Å². The summed E-state index contributed by atoms with van der Waals surface area (Å²) in [7, 11) is -2.51. The lowest BCUT2D eigenvalue weighted by molar-refractivity contribution is -0.104. The molecule has 0 spiro atoms. The Balaban J connectivity index is 2.54. The Hall–Kier alpha value is -1.97. The van der Waals surface area contributed by atoms with Gasteiger partial charge in [0.05, 0.1) is 0 Å². The van der Waals surface area contributed by atoms with Crippen molar-refractivity contribution >= 4 is 25.0 Å². The lowest BCUT2D eigenvalue weighted by Gasteiger charge is -2.43. The van der Waals surface area contributed by atoms with Crippen LogP contribution in [0.1, 0.15) is 41.0 Å². The molecule has 0 aliphatic carbocycles. The number of carbonyl (C=O) groups is 1. The molecule has 144 valence electrons. The third-order valence-electron chi connectivity index (χ3n) is 5.14. The van der Waals surface area contributed by atoms with Gasteiger partial charge in [-0.25, -0.2) is 0 Å². The molecule has 0 aliphatic rings. The van der Waals surface area contributed by atoms with Crippen molar-refractivity contribution in [3.8, 4) is 0 Å². The van der Waals surface area contributed by atoms with Gasteiger partial charge in [0.15, 0.2) is 0 Å². The first kappa shape index (κ1) is 21.3. The highest BCUT2D eigenvalue weighted by Crippen LogP contribution is 2.37. The molecule has 0 heterocycles. The maximum atomic E-state index is 11.1. The maximum Gasteiger partial charge on any atom is 0.261 e. The molecule has 0 aliphatic heterocycles. The minimum atomic E-state index is -2.51. The van der Waals surface area contributed by atoms with Crippen LogP contribution in [0.2, 0.25) is 5.04 Å². The van der Waals surface area contributed by atoms with E-state index in [0.29, 0.717) is 6.61 Å². The van der Waals surface area contributed by atoms with Gasteiger partial charge in [-0.15, -0.1) is 0 Å². The highest BCUT2D eigenvalue weighted by Gasteiger charge is 2.50. The van der Waals surface area contributed by atoms with Gasteiger partial charge in [0.25, 0.3) is 8.32 Å². The van der Waals surface area contributed by atoms with E-state index in [-0.39, 0.29) is 11.0 Å². The molecule has 0 saturated carbocycles. The van der Waals surface area contributed by atoms with Gasteiger partial charge in [-0.3, -0.25) is 4.79 Å². The van der Waals surface area contributed by atoms with Gasteiger partial charge in [-0.05, 0) is 40.2 Å². The standard InChI is InChI=1S/C24H32O2Si/c1-6-21(17-20(2)18-25)19-26-27(24(3,4)5,22-13-9-7-10-14-22)23-15-11-8-12-16-23/h7-18,21H,6,19H2,1-5H3/b20-17-/t21-/m1/s1. The molecule has 0 N–H and O–H groups in total. The van der Waals surface area contributed by atoms with Crippen molar-refractivity contribution < 1.29 is 9.22 Å². The second-order valence-electron chi connectivity index (χ2n) is 8.17. The third-order valence-corrected chi connectivity index (χ3v) is 10.1. The van der Waals surface area contributed by atoms with Crippen LogP contribution in [0.5, 0.6) is 0 Å². The van der Waals surface area contributed by atoms with E-state index in [4.69, 9.17) is 4.43 Å². The molecule has 2 rings (SSSR count). The van der Waals surface area contributed by atoms with Gasteiger partial charge >= 0.3 is 0 Å². The quantitative estimate of drug-likeness (QED) is 0.376. The van der Waals surface area contributed by atoms with Gasteiger partial charge in [0.2, 0.25) is 0 Å². The van der Waals surface area contributed by atoms with Crippen LogP contribution in [0.15, 0.2) is 72.3 Å². The first-order valence-electron chi connectivity index (χ1n) is 9.73. The molecule has 1 atom stereocenters. The van der Waals surface area contributed by atoms with Crippen LogP contribution < -0.4 is 10.4 Å². The molecule has 0 amide bonds. The van der Waals surface area contributed by atoms with E-state index >= 15 is 0 Å². The highest BCUT2D eigenvalue weighted by atomic mass is 28.4. The molecule has 0 aromatic heterocycles. The Morgan fingerprint density at radius 3 is 1.85 bits per heavy atom. The number of hydrogen-bond acceptors (Lipinski definition) is 2. The first-order chi connectivity index (χ1) is 12.8. The van der Waals surface area contributed by atoms with E-state index in [1.807, 2.05) is 13.0 Å². The Labute approximate surface area is 165 Å². The van der Waals surface area contributed by atoms with Crippen molar-refractivity contribution in [3.63, 3.8) is 0 Å². The molecule has 2 aromatic rings. The zero-order chi connectivity index (χ0) is 19.9. The maximum absolute atomic E-state index is 11.1. The number of hydrogen-bond donors (Lipinski definition) is 0. The fourth-order valence-corrected chi connectivity index (χ4v) is 8.31. The Morgan fingerprint density at radius 1 is 1.00 bits per heavy atom. The van der Waals surface area contributed by atoms with Crippen molar-refractivity contribution in [1.29, 1.82) is 0 Å². The lowest BCUT2D eigenvalue weighted by Crippen LogP contribution is -2.66. The minimum absolute atomic E-state index is 0.0303. The zero-order valence-corrected chi connectivity index (χ0v) is 18.2. The van der Waals surface area contributed by atoms with Gasteiger partial charge in [-0.2, -0.15) is 0 Å². The first-order valence-corrected chi connectivity index (χ1v) is 11.6. The number of rotatable bonds is 8. The van der Waals surface area contributed by atoms with Crippen molar-refractivity contribution in [1.82, 2.24) is 0 Å². The van der Waals surface area contributed by atoms with Crippen LogP contribution >= 0.6 is 0 Å². The molecular formula is C24H32O2Si. The van der Waals surface area contributed by atoms with E-state index in [0.717, 1.165) is 18.3 Å². The van der Waals surface area contributed by atoms with E-state index in [1.54, 1.807) is 0 Å². The summed E-state index contributed by atoms with van der Waals surface area (Å²) in [6.45, 7) is 11.5. The normalized spacial score (nSPS) is 14.0. The molecule has 3 heteroatoms. The number of carbonyl (C=O) groups excluding carboxylic acids is 1. The van der Waals surface area contributed by atoms with Crippen LogP contribution in [-0.2, 0) is 9.22 Å². The molecule has 0 bridgehead atoms. The second kappa shape index (κ2) is 9.29. The average Bonchev–Trinajstić information content (AvgIpc) is 2.67. The molecule has 0 radical (unpaired) electrons. The summed E-state index contributed by atoms with van der Waals surface area (Å²) in [4.78, 5) is 11.1. The number of benzene rings is 2. The fourth-order valence-electron chi connectivity index (χ4n) is 3.69. The van der Waals surface area contributed by atoms with Crippen LogP contribution in [0.4, 0.5) is 0 Å². The number of aldehydes is 1. The highest BCUT2D eigenvalue weighted by molar-refractivity contribution is 6.99. The van der Waals surface area contributed by atoms with Crippen molar-refractivity contribution in [2.24, 2.45) is 5.92 Å². The van der Waals surface area contributed by atoms with Crippen molar-refractivity contribution in [2.75, 3.05) is 6.61 Å². The number of allylic oxidation sites excluding steroid dienone is 1. The van der Waals surface area contributed by atoms with Crippen LogP contribution in [-0.4, -0.2) is 21.2 Å². The summed E-state index contributed by atoms with van der Waals surface area (Å²) < 4.78 is 6.94. The zero-order valence-electron chi connectivity index (χ0n) is 17.2. The largest absolute Gasteiger partial charge is 0.407 e. The van der Waals surface area contributed by atoms with Gasteiger partial charge in [0, 0.05) is 6.61 Å². The fraction of sp³-hybridized carbons (Fsp3) is 0.375. The predicted molar refractivity (Wildman–Crippen MR) is 117 cm³/mol. The van der Waals surface area contributed by atoms with Gasteiger partial charge in [0.1, 0.15) is 6.29 Å². The Morgan fingerprint density at radius 2 is 1.48 bits per heavy atom. The minimum Gasteiger partial charge on any atom is -0.407 e. The molecule has 2 aromatic carbocycles. The van der Waals surface area contributed by atoms with E-state index in [9.17, 15) is 4.79 Å². The van der Waals surface area contributed by atoms with Crippen molar-refractivity contribution in [2.45, 2.75) is 46.1 Å². The topological polar surface area (TPSA) is 26.3 Å². The average molecular weight is 381 g/mol. The van der Waals surface area contributed by atoms with E-state index < -0.39 is 8.32 Å². The lowest BCUT2D eigenvalue weighted by atomic mass is 10.1. The molecule has 0 saturated heterocycles. The smallest absolute Gasteiger partial charge is 0.261 e. The molecule has 27 heavy (non-hydrogen) atoms. The SMILES string of the molecule is CC[C@H](/C=C(/C)C=O)CO[Si](c1ccccc1)(c1ccccc1)C(C)(C)C. The predicted octanol–water partition coefficient (Wildman–Crippen LogP) is 4.73. The molecule has 0 unspecified atom stereocenters. The van der Waals surface area contributed by atoms with Crippen LogP contribution in [0.3, 0.4) is 0 Å². The van der Waals surface area contributed by atoms with Crippen molar-refractivity contribution in [3.05, 3.63) is 72.3 Å². The monoisotopic (exact) mass is 380 g/mol. The van der Waals surface area contributed by atoms with Crippen LogP contribution in [0.25, 0.3) is 0 Å². The molecule has 2 nitrogen and oxygen atoms in total. The summed E-state index contributed by atoms with van der Waals surface area (Å²) in [6.07, 6.45) is 3.92. The third kappa shape index (κ3) is 4.85. The molecular weight excluding hydrogens is 348 g/mol. The molecule has 0 fully saturated rings. The Bertz CT molecular complexity index is 705. The summed E-state index contributed by atoms with van der Waals surface area (Å²) in [5, 5.41) is 2.54. The summed E-state index contributed by atoms with van der Waals surface area (Å²) in [5.41, 5.74) is 0.771. The summed E-state index contributed by atoms with van der Waals surface area (Å²) in [6, 6.07) is 21.3. The Kier molecular flexibility index (Phi) is 7.34. The second-order valence-corrected chi connectivity index (χ2v) is 12.5. The van der Waals surface area contributed by atoms with E-state index in [2.05, 4.69) is 88.4 Å². The summed E-state index contributed by atoms with van der Waals surface area (Å²) in [5.74, 6) is 0.233. The van der Waals surface area contributed by atoms with Crippen LogP contribution in [0, 0.1) is 5.92 Å². The van der Waals surface area contributed by atoms with Gasteiger partial charge < -0.3 is 4.43 Å². The van der Waals surface area contributed by atoms with E-state index in [1.165, 1.54) is 10.4 Å². The summed E-state index contributed by atoms with van der Waals surface area (Å²) >= 11 is 0.